The van der Waals surface area contributed by atoms with E-state index in [4.69, 9.17) is 4.74 Å². The largest absolute Gasteiger partial charge is 0.744 e. The van der Waals surface area contributed by atoms with Gasteiger partial charge >= 0.3 is 0 Å². The van der Waals surface area contributed by atoms with Crippen molar-refractivity contribution >= 4 is 53.6 Å². The first-order valence-corrected chi connectivity index (χ1v) is 29.3. The Morgan fingerprint density at radius 1 is 0.711 bits per heavy atom. The quantitative estimate of drug-likeness (QED) is 0.0510. The Morgan fingerprint density at radius 2 is 1.32 bits per heavy atom. The molecule has 0 amide bonds. The van der Waals surface area contributed by atoms with Crippen LogP contribution < -0.4 is 24.8 Å². The van der Waals surface area contributed by atoms with Gasteiger partial charge in [-0.05, 0) is 85.0 Å². The molecule has 7 heterocycles. The number of aromatic nitrogens is 6. The minimum atomic E-state index is -5.25. The SMILES string of the molecule is C[N+]1(Cc2cn(CCN(CCn3cc(C[N+]4(C)CCCC4)nn3)c3ccc(N=Nc4ccc5c6c(ccc5c4)C(c4ccc(S(=O)(=O)O)cc4S(=O)(=O)[O-])=c4cc5c7c(c4O6)CCC[N+]=7CCC5)cc3)nn2)CCCC1. The molecule has 5 aromatic carbocycles. The minimum absolute atomic E-state index is 0.0164. The second-order valence-electron chi connectivity index (χ2n) is 21.9. The number of quaternary nitrogens is 2. The van der Waals surface area contributed by atoms with E-state index in [2.05, 4.69) is 78.9 Å². The van der Waals surface area contributed by atoms with E-state index in [-0.39, 0.29) is 5.56 Å². The maximum absolute atomic E-state index is 13.0. The van der Waals surface area contributed by atoms with Crippen LogP contribution in [-0.2, 0) is 59.3 Å². The van der Waals surface area contributed by atoms with E-state index in [0.717, 1.165) is 117 Å². The number of hydrogen-bond acceptors (Lipinski definition) is 13. The first kappa shape index (κ1) is 50.1. The van der Waals surface area contributed by atoms with Crippen molar-refractivity contribution in [2.75, 3.05) is 71.4 Å². The molecule has 0 aliphatic carbocycles. The van der Waals surface area contributed by atoms with Crippen molar-refractivity contribution < 1.29 is 39.6 Å². The van der Waals surface area contributed by atoms with Crippen LogP contribution in [-0.4, -0.2) is 131 Å². The van der Waals surface area contributed by atoms with Gasteiger partial charge in [-0.25, -0.2) is 13.0 Å². The van der Waals surface area contributed by atoms with Crippen molar-refractivity contribution in [3.8, 4) is 11.5 Å². The lowest BCUT2D eigenvalue weighted by Crippen LogP contribution is -2.45. The molecular formula is C55H62N12O7S2+2. The van der Waals surface area contributed by atoms with Gasteiger partial charge in [0.15, 0.2) is 0 Å². The Bertz CT molecular complexity index is 3760. The molecule has 19 nitrogen and oxygen atoms in total. The molecule has 12 rings (SSSR count). The Labute approximate surface area is 441 Å². The standard InChI is InChI=1S/C55H61N12O7S2/c1-66(27-3-4-28-66)36-42-34-64(60-58-42)25-23-62(24-26-65-35-43(59-61-65)37-67(2)29-5-6-30-67)44-15-12-40(13-16-44)56-57-41-14-19-46-38(31-41)11-18-48-52(47-20-17-45(75(68,69)70)33-51(47)76(71,72)73)50-32-39-9-7-21-63-22-8-10-49(53(39)63)55(50)74-54(46)48/h11-20,31-35H,3-10,21-30,36-37H2,1-2H3/q+1/p+1. The summed E-state index contributed by atoms with van der Waals surface area (Å²) in [5, 5.41) is 30.7. The number of anilines is 1. The van der Waals surface area contributed by atoms with Crippen molar-refractivity contribution in [3.05, 3.63) is 135 Å². The molecule has 394 valence electrons. The van der Waals surface area contributed by atoms with Crippen LogP contribution in [0.15, 0.2) is 111 Å². The maximum atomic E-state index is 13.0. The van der Waals surface area contributed by atoms with Crippen LogP contribution in [0.25, 0.3) is 16.3 Å². The third kappa shape index (κ3) is 10.1. The lowest BCUT2D eigenvalue weighted by Gasteiger charge is -2.28. The average molecular weight is 1070 g/mol. The highest BCUT2D eigenvalue weighted by atomic mass is 32.2. The van der Waals surface area contributed by atoms with E-state index >= 15 is 0 Å². The monoisotopic (exact) mass is 1070 g/mol. The molecule has 0 bridgehead atoms. The van der Waals surface area contributed by atoms with Crippen molar-refractivity contribution in [2.24, 2.45) is 10.2 Å². The molecule has 2 aromatic heterocycles. The third-order valence-electron chi connectivity index (χ3n) is 16.2. The van der Waals surface area contributed by atoms with Gasteiger partial charge in [-0.15, -0.1) is 10.2 Å². The molecule has 2 saturated heterocycles. The molecule has 5 aliphatic heterocycles. The van der Waals surface area contributed by atoms with Crippen molar-refractivity contribution in [2.45, 2.75) is 87.3 Å². The summed E-state index contributed by atoms with van der Waals surface area (Å²) in [4.78, 5) is 0.878. The van der Waals surface area contributed by atoms with Crippen LogP contribution in [0.4, 0.5) is 17.1 Å². The van der Waals surface area contributed by atoms with Gasteiger partial charge in [0, 0.05) is 90.2 Å². The average Bonchev–Trinajstić information content (AvgIpc) is 4.34. The molecule has 0 saturated carbocycles. The fraction of sp³-hybridized carbons (Fsp3) is 0.400. The third-order valence-corrected chi connectivity index (χ3v) is 17.9. The molecule has 2 fully saturated rings. The van der Waals surface area contributed by atoms with Gasteiger partial charge in [-0.1, -0.05) is 22.6 Å². The summed E-state index contributed by atoms with van der Waals surface area (Å²) >= 11 is 0. The van der Waals surface area contributed by atoms with E-state index < -0.39 is 30.0 Å². The number of fused-ring (bicyclic) bond motifs is 5. The predicted octanol–water partition coefficient (Wildman–Crippen LogP) is 6.01. The Kier molecular flexibility index (Phi) is 13.0. The van der Waals surface area contributed by atoms with Gasteiger partial charge < -0.3 is 23.2 Å². The number of nitrogens with zero attached hydrogens (tertiary/aromatic N) is 12. The zero-order valence-electron chi connectivity index (χ0n) is 42.9. The summed E-state index contributed by atoms with van der Waals surface area (Å²) < 4.78 is 88.6. The van der Waals surface area contributed by atoms with E-state index in [1.165, 1.54) is 57.9 Å². The van der Waals surface area contributed by atoms with Gasteiger partial charge in [0.05, 0.1) is 92.5 Å². The lowest BCUT2D eigenvalue weighted by molar-refractivity contribution is -0.911. The van der Waals surface area contributed by atoms with Crippen molar-refractivity contribution in [1.29, 1.82) is 0 Å². The molecule has 76 heavy (non-hydrogen) atoms. The summed E-state index contributed by atoms with van der Waals surface area (Å²) in [7, 11) is -5.48. The molecule has 0 spiro atoms. The van der Waals surface area contributed by atoms with E-state index in [0.29, 0.717) is 65.4 Å². The number of rotatable bonds is 16. The highest BCUT2D eigenvalue weighted by Gasteiger charge is 2.34. The summed E-state index contributed by atoms with van der Waals surface area (Å²) in [5.41, 5.74) is 7.42. The van der Waals surface area contributed by atoms with Crippen LogP contribution in [0.5, 0.6) is 11.5 Å². The molecule has 0 radical (unpaired) electrons. The summed E-state index contributed by atoms with van der Waals surface area (Å²) in [6.07, 6.45) is 12.6. The van der Waals surface area contributed by atoms with Crippen molar-refractivity contribution in [3.63, 3.8) is 0 Å². The number of aryl methyl sites for hydroxylation is 1. The number of likely N-dealkylation sites (tertiary alicyclic amines) is 2. The molecule has 7 aromatic rings. The zero-order valence-corrected chi connectivity index (χ0v) is 44.5. The van der Waals surface area contributed by atoms with E-state index in [1.807, 2.05) is 57.9 Å². The fourth-order valence-electron chi connectivity index (χ4n) is 12.4. The van der Waals surface area contributed by atoms with E-state index in [9.17, 15) is 25.9 Å². The number of benzene rings is 5. The number of ether oxygens (including phenoxy) is 1. The first-order valence-electron chi connectivity index (χ1n) is 26.4. The predicted molar refractivity (Wildman–Crippen MR) is 284 cm³/mol. The highest BCUT2D eigenvalue weighted by molar-refractivity contribution is 7.86. The summed E-state index contributed by atoms with van der Waals surface area (Å²) in [5.74, 6) is 1.04. The van der Waals surface area contributed by atoms with Crippen molar-refractivity contribution in [1.82, 2.24) is 34.6 Å². The highest BCUT2D eigenvalue weighted by Crippen LogP contribution is 2.44. The maximum Gasteiger partial charge on any atom is 0.294 e. The zero-order chi connectivity index (χ0) is 52.4. The molecule has 0 unspecified atom stereocenters. The van der Waals surface area contributed by atoms with Crippen LogP contribution in [0.2, 0.25) is 0 Å². The minimum Gasteiger partial charge on any atom is -0.744 e. The Morgan fingerprint density at radius 3 is 1.95 bits per heavy atom. The van der Waals surface area contributed by atoms with Crippen LogP contribution >= 0.6 is 0 Å². The van der Waals surface area contributed by atoms with Gasteiger partial charge in [-0.2, -0.15) is 18.6 Å². The van der Waals surface area contributed by atoms with Crippen LogP contribution in [0.1, 0.15) is 72.2 Å². The Hall–Kier alpha value is -6.75. The smallest absolute Gasteiger partial charge is 0.294 e. The summed E-state index contributed by atoms with van der Waals surface area (Å²) in [6, 6.07) is 22.6. The van der Waals surface area contributed by atoms with E-state index in [1.54, 1.807) is 0 Å². The Balaban J connectivity index is 0.831. The molecule has 5 aliphatic rings. The van der Waals surface area contributed by atoms with Gasteiger partial charge in [0.2, 0.25) is 5.36 Å². The molecule has 1 N–H and O–H groups in total. The summed E-state index contributed by atoms with van der Waals surface area (Å²) in [6.45, 7) is 11.0. The van der Waals surface area contributed by atoms with Crippen LogP contribution in [0.3, 0.4) is 0 Å². The van der Waals surface area contributed by atoms with Gasteiger partial charge in [0.25, 0.3) is 10.1 Å². The van der Waals surface area contributed by atoms with Crippen LogP contribution in [0, 0.1) is 0 Å². The normalized spacial score (nSPS) is 17.7. The molecular weight excluding hydrogens is 1000 g/mol. The van der Waals surface area contributed by atoms with Gasteiger partial charge in [-0.3, -0.25) is 13.9 Å². The second kappa shape index (κ2) is 19.7. The second-order valence-corrected chi connectivity index (χ2v) is 24.6. The first-order chi connectivity index (χ1) is 36.5. The fourth-order valence-corrected chi connectivity index (χ4v) is 13.7. The van der Waals surface area contributed by atoms with Gasteiger partial charge in [0.1, 0.15) is 59.2 Å². The lowest BCUT2D eigenvalue weighted by atomic mass is 9.86. The number of azo groups is 1. The molecule has 0 atom stereocenters. The molecule has 21 heteroatoms. The number of hydrogen-bond donors (Lipinski definition) is 1. The topological polar surface area (TPSA) is 213 Å².